The van der Waals surface area contributed by atoms with Gasteiger partial charge < -0.3 is 0 Å². The summed E-state index contributed by atoms with van der Waals surface area (Å²) in [6.07, 6.45) is 3.84. The smallest absolute Gasteiger partial charge is 0 e. The summed E-state index contributed by atoms with van der Waals surface area (Å²) in [5.74, 6) is 1.76. The van der Waals surface area contributed by atoms with E-state index >= 15 is 0 Å². The van der Waals surface area contributed by atoms with Crippen LogP contribution in [0.2, 0.25) is 0 Å². The second-order valence-corrected chi connectivity index (χ2v) is 20.0. The van der Waals surface area contributed by atoms with Crippen LogP contribution in [0, 0.1) is 18.8 Å². The maximum absolute atomic E-state index is 6.57. The molecule has 0 amide bonds. The van der Waals surface area contributed by atoms with Gasteiger partial charge in [0.05, 0.1) is 0 Å². The van der Waals surface area contributed by atoms with Crippen LogP contribution in [-0.2, 0) is 31.9 Å². The zero-order valence-corrected chi connectivity index (χ0v) is 40.0. The second kappa shape index (κ2) is 17.0. The van der Waals surface area contributed by atoms with E-state index in [-0.39, 0.29) is 46.9 Å². The first-order chi connectivity index (χ1) is 30.0. The molecule has 0 radical (unpaired) electrons. The van der Waals surface area contributed by atoms with E-state index in [0.717, 1.165) is 55.5 Å². The first kappa shape index (κ1) is 42.3. The number of aromatic nitrogens is 2. The standard InChI is InChI=1S/C55H46N5OSe.Pt/c1-54(2,3)41-24-25-46-48(31-41)59(44-29-39(37-16-9-7-10-17-37)28-40(30-44)38-18-11-8-12-19-38)36-58(46)43-20-15-21-45(33-43)61-53-34-49-51(35-57-53)62-50-23-14-13-22-47(50)60(49)52-32-42(26-27-56-52)55(4,5)6;/h7-32,35-36H,1-6H3;/q-3;. The van der Waals surface area contributed by atoms with E-state index in [4.69, 9.17) is 14.7 Å². The Morgan fingerprint density at radius 1 is 0.556 bits per heavy atom. The van der Waals surface area contributed by atoms with Gasteiger partial charge in [-0.05, 0) is 51.4 Å². The average Bonchev–Trinajstić information content (AvgIpc) is 3.68. The quantitative estimate of drug-likeness (QED) is 0.117. The van der Waals surface area contributed by atoms with Crippen LogP contribution in [0.4, 0.5) is 39.9 Å². The number of fused-ring (bicyclic) bond motifs is 3. The van der Waals surface area contributed by atoms with Crippen LogP contribution >= 0.6 is 0 Å². The predicted octanol–water partition coefficient (Wildman–Crippen LogP) is 12.6. The molecule has 6 nitrogen and oxygen atoms in total. The third-order valence-electron chi connectivity index (χ3n) is 11.4. The van der Waals surface area contributed by atoms with Crippen molar-refractivity contribution in [3.63, 3.8) is 0 Å². The van der Waals surface area contributed by atoms with Crippen molar-refractivity contribution in [2.75, 3.05) is 14.7 Å². The van der Waals surface area contributed by atoms with Crippen LogP contribution < -0.4 is 28.4 Å². The predicted molar refractivity (Wildman–Crippen MR) is 256 cm³/mol. The number of hydrogen-bond donors (Lipinski definition) is 0. The Labute approximate surface area is 392 Å². The van der Waals surface area contributed by atoms with Crippen molar-refractivity contribution >= 4 is 63.8 Å². The van der Waals surface area contributed by atoms with Gasteiger partial charge in [-0.1, -0.05) is 81.4 Å². The number of pyridine rings is 2. The van der Waals surface area contributed by atoms with Gasteiger partial charge in [-0.2, -0.15) is 0 Å². The Bertz CT molecular complexity index is 2890. The average molecular weight is 1070 g/mol. The molecule has 6 aromatic carbocycles. The molecule has 0 saturated carbocycles. The summed E-state index contributed by atoms with van der Waals surface area (Å²) >= 11 is 0.0400. The van der Waals surface area contributed by atoms with E-state index in [2.05, 4.69) is 215 Å². The van der Waals surface area contributed by atoms with E-state index in [1.54, 1.807) is 0 Å². The molecule has 63 heavy (non-hydrogen) atoms. The SMILES string of the molecule is CC(C)(C)c1ccnc(N2c3[c-]c(Oc4[c-]c(N5[CH-]N(c6cc(-c7ccccc7)cc(-c7ccccc7)c6)c6cc(C(C)(C)C)ccc65)ccc4)ncc3[Se]c3ccccc32)c1.[Pt]. The molecule has 2 aromatic heterocycles. The number of para-hydroxylation sites is 1. The third-order valence-corrected chi connectivity index (χ3v) is 13.6. The molecule has 2 aliphatic rings. The fourth-order valence-electron chi connectivity index (χ4n) is 7.99. The summed E-state index contributed by atoms with van der Waals surface area (Å²) in [6.45, 7) is 15.6. The second-order valence-electron chi connectivity index (χ2n) is 17.8. The normalized spacial score (nSPS) is 13.2. The molecule has 0 spiro atoms. The molecule has 0 bridgehead atoms. The first-order valence-electron chi connectivity index (χ1n) is 21.0. The van der Waals surface area contributed by atoms with Crippen molar-refractivity contribution in [2.45, 2.75) is 52.4 Å². The molecule has 0 atom stereocenters. The summed E-state index contributed by atoms with van der Waals surface area (Å²) in [7, 11) is 0. The Morgan fingerprint density at radius 3 is 1.92 bits per heavy atom. The van der Waals surface area contributed by atoms with E-state index in [1.807, 2.05) is 24.5 Å². The molecule has 0 N–H and O–H groups in total. The Kier molecular flexibility index (Phi) is 11.4. The number of benzene rings is 6. The maximum atomic E-state index is 6.57. The van der Waals surface area contributed by atoms with Crippen molar-refractivity contribution in [3.05, 3.63) is 194 Å². The summed E-state index contributed by atoms with van der Waals surface area (Å²) < 4.78 is 8.96. The number of hydrogen-bond acceptors (Lipinski definition) is 6. The third kappa shape index (κ3) is 8.46. The van der Waals surface area contributed by atoms with Crippen LogP contribution in [0.1, 0.15) is 52.7 Å². The number of nitrogens with zero attached hydrogens (tertiary/aromatic N) is 5. The van der Waals surface area contributed by atoms with Crippen molar-refractivity contribution in [1.82, 2.24) is 9.97 Å². The number of ether oxygens (including phenoxy) is 1. The van der Waals surface area contributed by atoms with Crippen LogP contribution in [0.15, 0.2) is 164 Å². The minimum absolute atomic E-state index is 0. The molecule has 0 fully saturated rings. The van der Waals surface area contributed by atoms with E-state index in [0.29, 0.717) is 11.6 Å². The first-order valence-corrected chi connectivity index (χ1v) is 22.7. The fraction of sp³-hybridized carbons (Fsp3) is 0.145. The van der Waals surface area contributed by atoms with Crippen LogP contribution in [0.25, 0.3) is 22.3 Å². The molecule has 8 aromatic rings. The van der Waals surface area contributed by atoms with Gasteiger partial charge in [0.15, 0.2) is 0 Å². The molecule has 0 saturated heterocycles. The van der Waals surface area contributed by atoms with Crippen molar-refractivity contribution in [3.8, 4) is 33.9 Å². The van der Waals surface area contributed by atoms with Gasteiger partial charge in [-0.3, -0.25) is 0 Å². The molecule has 2 aliphatic heterocycles. The molecule has 8 heteroatoms. The maximum Gasteiger partial charge on any atom is 0 e. The van der Waals surface area contributed by atoms with E-state index < -0.39 is 0 Å². The monoisotopic (exact) mass is 1070 g/mol. The Morgan fingerprint density at radius 2 is 1.22 bits per heavy atom. The van der Waals surface area contributed by atoms with Gasteiger partial charge in [0.2, 0.25) is 0 Å². The van der Waals surface area contributed by atoms with Gasteiger partial charge in [-0.15, -0.1) is 0 Å². The summed E-state index contributed by atoms with van der Waals surface area (Å²) in [5, 5.41) is 0. The van der Waals surface area contributed by atoms with Crippen LogP contribution in [0.5, 0.6) is 11.6 Å². The molecule has 0 unspecified atom stereocenters. The van der Waals surface area contributed by atoms with Crippen molar-refractivity contribution < 1.29 is 25.8 Å². The van der Waals surface area contributed by atoms with Crippen molar-refractivity contribution in [1.29, 1.82) is 0 Å². The topological polar surface area (TPSA) is 44.7 Å². The van der Waals surface area contributed by atoms with Gasteiger partial charge in [0.1, 0.15) is 0 Å². The molecule has 10 rings (SSSR count). The number of anilines is 7. The van der Waals surface area contributed by atoms with Crippen LogP contribution in [0.3, 0.4) is 0 Å². The number of rotatable bonds is 7. The van der Waals surface area contributed by atoms with Gasteiger partial charge in [0, 0.05) is 21.1 Å². The fourth-order valence-corrected chi connectivity index (χ4v) is 10.1. The van der Waals surface area contributed by atoms with E-state index in [9.17, 15) is 0 Å². The zero-order valence-electron chi connectivity index (χ0n) is 36.0. The minimum atomic E-state index is -0.0440. The largest absolute Gasteiger partial charge is 0 e. The zero-order chi connectivity index (χ0) is 42.6. The minimum Gasteiger partial charge on any atom is 0 e. The van der Waals surface area contributed by atoms with Gasteiger partial charge in [-0.25, -0.2) is 0 Å². The van der Waals surface area contributed by atoms with Gasteiger partial charge in [0.25, 0.3) is 0 Å². The summed E-state index contributed by atoms with van der Waals surface area (Å²) in [5.41, 5.74) is 13.1. The summed E-state index contributed by atoms with van der Waals surface area (Å²) in [4.78, 5) is 16.4. The van der Waals surface area contributed by atoms with Crippen molar-refractivity contribution in [2.24, 2.45) is 0 Å². The van der Waals surface area contributed by atoms with E-state index in [1.165, 1.54) is 26.7 Å². The molecule has 0 aliphatic carbocycles. The Balaban J connectivity index is 0.00000504. The van der Waals surface area contributed by atoms with Gasteiger partial charge >= 0.3 is 241 Å². The molecule has 4 heterocycles. The Hall–Kier alpha value is -5.97. The molecular formula is C55H46N5OPtSe-3. The molecule has 316 valence electrons. The molecular weight excluding hydrogens is 1020 g/mol. The summed E-state index contributed by atoms with van der Waals surface area (Å²) in [6, 6.07) is 60.9. The van der Waals surface area contributed by atoms with Crippen LogP contribution in [-0.4, -0.2) is 24.9 Å².